The predicted octanol–water partition coefficient (Wildman–Crippen LogP) is 8.21. The van der Waals surface area contributed by atoms with Gasteiger partial charge < -0.3 is 0 Å². The zero-order chi connectivity index (χ0) is 21.3. The molecule has 0 heteroatoms. The van der Waals surface area contributed by atoms with E-state index in [-0.39, 0.29) is 5.41 Å². The van der Waals surface area contributed by atoms with Gasteiger partial charge in [-0.25, -0.2) is 0 Å². The average molecular weight is 385 g/mol. The van der Waals surface area contributed by atoms with Gasteiger partial charge in [0.05, 0.1) is 0 Å². The van der Waals surface area contributed by atoms with Crippen molar-refractivity contribution in [1.29, 1.82) is 0 Å². The van der Waals surface area contributed by atoms with Gasteiger partial charge in [-0.3, -0.25) is 0 Å². The van der Waals surface area contributed by atoms with E-state index in [0.717, 1.165) is 0 Å². The maximum atomic E-state index is 2.42. The van der Waals surface area contributed by atoms with Crippen molar-refractivity contribution in [3.63, 3.8) is 0 Å². The Bertz CT molecular complexity index is 928. The van der Waals surface area contributed by atoms with Crippen LogP contribution in [0.5, 0.6) is 0 Å². The van der Waals surface area contributed by atoms with Crippen molar-refractivity contribution in [3.8, 4) is 0 Å². The largest absolute Gasteiger partial charge is 0.0617 e. The summed E-state index contributed by atoms with van der Waals surface area (Å²) in [7, 11) is 0. The van der Waals surface area contributed by atoms with E-state index in [9.17, 15) is 0 Å². The van der Waals surface area contributed by atoms with Crippen LogP contribution in [-0.2, 0) is 5.41 Å². The summed E-state index contributed by atoms with van der Waals surface area (Å²) < 4.78 is 0. The molecule has 0 saturated carbocycles. The second-order valence-corrected chi connectivity index (χ2v) is 9.84. The summed E-state index contributed by atoms with van der Waals surface area (Å²) in [6, 6.07) is 22.8. The van der Waals surface area contributed by atoms with E-state index in [1.54, 1.807) is 0 Å². The van der Waals surface area contributed by atoms with Crippen LogP contribution in [0.1, 0.15) is 91.0 Å². The van der Waals surface area contributed by atoms with Crippen molar-refractivity contribution >= 4 is 0 Å². The summed E-state index contributed by atoms with van der Waals surface area (Å²) in [6.07, 6.45) is 0. The van der Waals surface area contributed by atoms with Crippen LogP contribution in [0.2, 0.25) is 0 Å². The smallest absolute Gasteiger partial charge is 0.00642 e. The Morgan fingerprint density at radius 2 is 1.00 bits per heavy atom. The topological polar surface area (TPSA) is 0 Å². The first-order chi connectivity index (χ1) is 13.6. The van der Waals surface area contributed by atoms with Gasteiger partial charge in [-0.1, -0.05) is 112 Å². The first-order valence-electron chi connectivity index (χ1n) is 10.9. The highest BCUT2D eigenvalue weighted by molar-refractivity contribution is 5.51. The minimum atomic E-state index is 0.0779. The fraction of sp³-hybridized carbons (Fsp3) is 0.379. The quantitative estimate of drug-likeness (QED) is 0.425. The summed E-state index contributed by atoms with van der Waals surface area (Å²) in [6.45, 7) is 18.4. The molecule has 0 aromatic heterocycles. The lowest BCUT2D eigenvalue weighted by Crippen LogP contribution is -2.20. The van der Waals surface area contributed by atoms with Crippen molar-refractivity contribution in [1.82, 2.24) is 0 Å². The molecular weight excluding hydrogens is 348 g/mol. The minimum Gasteiger partial charge on any atom is -0.0617 e. The monoisotopic (exact) mass is 384 g/mol. The summed E-state index contributed by atoms with van der Waals surface area (Å²) in [4.78, 5) is 0. The molecule has 0 spiro atoms. The van der Waals surface area contributed by atoms with Crippen LogP contribution in [0.25, 0.3) is 0 Å². The molecule has 0 aliphatic rings. The number of rotatable bonds is 4. The molecule has 3 rings (SSSR count). The van der Waals surface area contributed by atoms with Gasteiger partial charge >= 0.3 is 0 Å². The predicted molar refractivity (Wildman–Crippen MR) is 127 cm³/mol. The van der Waals surface area contributed by atoms with Crippen molar-refractivity contribution < 1.29 is 0 Å². The number of hydrogen-bond acceptors (Lipinski definition) is 0. The Morgan fingerprint density at radius 1 is 0.586 bits per heavy atom. The van der Waals surface area contributed by atoms with E-state index >= 15 is 0 Å². The van der Waals surface area contributed by atoms with E-state index in [0.29, 0.717) is 11.8 Å². The standard InChI is InChI=1S/C29H36/c1-19-11-9-13-24(15-19)22(4)26-17-21(3)18-27(28(26)29(6,7)8)23(5)25-14-10-12-20(2)16-25/h9-18,22-23H,1-8H3/t22-,23-/m1/s1. The van der Waals surface area contributed by atoms with Crippen LogP contribution in [0, 0.1) is 20.8 Å². The van der Waals surface area contributed by atoms with E-state index in [2.05, 4.69) is 116 Å². The van der Waals surface area contributed by atoms with E-state index in [1.807, 2.05) is 0 Å². The lowest BCUT2D eigenvalue weighted by Gasteiger charge is -2.32. The van der Waals surface area contributed by atoms with Crippen molar-refractivity contribution in [2.75, 3.05) is 0 Å². The summed E-state index contributed by atoms with van der Waals surface area (Å²) in [5.74, 6) is 0.736. The Hall–Kier alpha value is -2.34. The molecule has 29 heavy (non-hydrogen) atoms. The zero-order valence-electron chi connectivity index (χ0n) is 19.4. The third-order valence-electron chi connectivity index (χ3n) is 6.11. The second kappa shape index (κ2) is 8.19. The Balaban J connectivity index is 2.22. The lowest BCUT2D eigenvalue weighted by atomic mass is 9.72. The van der Waals surface area contributed by atoms with Crippen LogP contribution >= 0.6 is 0 Å². The average Bonchev–Trinajstić information content (AvgIpc) is 2.65. The molecule has 3 aromatic carbocycles. The first kappa shape index (κ1) is 21.4. The van der Waals surface area contributed by atoms with Crippen LogP contribution in [0.3, 0.4) is 0 Å². The molecule has 0 fully saturated rings. The highest BCUT2D eigenvalue weighted by atomic mass is 14.3. The maximum Gasteiger partial charge on any atom is 0.00642 e. The Labute approximate surface area is 178 Å². The molecule has 0 heterocycles. The molecule has 0 nitrogen and oxygen atoms in total. The summed E-state index contributed by atoms with van der Waals surface area (Å²) in [5, 5.41) is 0. The van der Waals surface area contributed by atoms with Gasteiger partial charge in [-0.05, 0) is 54.0 Å². The Kier molecular flexibility index (Phi) is 6.03. The van der Waals surface area contributed by atoms with Gasteiger partial charge in [0.15, 0.2) is 0 Å². The SMILES string of the molecule is Cc1cccc([C@@H](C)c2cc(C)cc([C@H](C)c3cccc(C)c3)c2C(C)(C)C)c1. The fourth-order valence-corrected chi connectivity index (χ4v) is 4.63. The van der Waals surface area contributed by atoms with Gasteiger partial charge in [0.2, 0.25) is 0 Å². The van der Waals surface area contributed by atoms with E-state index in [1.165, 1.54) is 44.5 Å². The highest BCUT2D eigenvalue weighted by Crippen LogP contribution is 2.41. The first-order valence-corrected chi connectivity index (χ1v) is 10.9. The number of hydrogen-bond donors (Lipinski definition) is 0. The van der Waals surface area contributed by atoms with E-state index in [4.69, 9.17) is 0 Å². The molecule has 0 aliphatic carbocycles. The maximum absolute atomic E-state index is 2.42. The van der Waals surface area contributed by atoms with Crippen LogP contribution < -0.4 is 0 Å². The highest BCUT2D eigenvalue weighted by Gasteiger charge is 2.28. The molecule has 152 valence electrons. The third-order valence-corrected chi connectivity index (χ3v) is 6.11. The molecular formula is C29H36. The van der Waals surface area contributed by atoms with Crippen LogP contribution in [-0.4, -0.2) is 0 Å². The second-order valence-electron chi connectivity index (χ2n) is 9.84. The molecule has 0 aliphatic heterocycles. The van der Waals surface area contributed by atoms with Crippen molar-refractivity contribution in [3.05, 3.63) is 105 Å². The summed E-state index contributed by atoms with van der Waals surface area (Å²) >= 11 is 0. The normalized spacial score (nSPS) is 13.9. The van der Waals surface area contributed by atoms with Crippen molar-refractivity contribution in [2.24, 2.45) is 0 Å². The lowest BCUT2D eigenvalue weighted by molar-refractivity contribution is 0.567. The molecule has 0 saturated heterocycles. The third kappa shape index (κ3) is 4.64. The van der Waals surface area contributed by atoms with Crippen molar-refractivity contribution in [2.45, 2.75) is 72.6 Å². The number of benzene rings is 3. The van der Waals surface area contributed by atoms with Gasteiger partial charge in [0.1, 0.15) is 0 Å². The van der Waals surface area contributed by atoms with E-state index < -0.39 is 0 Å². The number of aryl methyl sites for hydroxylation is 3. The van der Waals surface area contributed by atoms with Crippen LogP contribution in [0.4, 0.5) is 0 Å². The molecule has 2 atom stereocenters. The van der Waals surface area contributed by atoms with Gasteiger partial charge in [0, 0.05) is 11.8 Å². The molecule has 0 radical (unpaired) electrons. The molecule has 0 amide bonds. The van der Waals surface area contributed by atoms with Gasteiger partial charge in [-0.15, -0.1) is 0 Å². The summed E-state index contributed by atoms with van der Waals surface area (Å²) in [5.41, 5.74) is 11.3. The fourth-order valence-electron chi connectivity index (χ4n) is 4.63. The minimum absolute atomic E-state index is 0.0779. The Morgan fingerprint density at radius 3 is 1.34 bits per heavy atom. The van der Waals surface area contributed by atoms with Gasteiger partial charge in [-0.2, -0.15) is 0 Å². The molecule has 0 N–H and O–H groups in total. The molecule has 0 bridgehead atoms. The van der Waals surface area contributed by atoms with Crippen LogP contribution in [0.15, 0.2) is 60.7 Å². The molecule has 3 aromatic rings. The molecule has 0 unspecified atom stereocenters. The zero-order valence-corrected chi connectivity index (χ0v) is 19.4. The van der Waals surface area contributed by atoms with Gasteiger partial charge in [0.25, 0.3) is 0 Å².